The zero-order chi connectivity index (χ0) is 28.8. The fourth-order valence-electron chi connectivity index (χ4n) is 5.05. The maximum atomic E-state index is 12.8. The Labute approximate surface area is 235 Å². The largest absolute Gasteiger partial charge is 0.331 e. The van der Waals surface area contributed by atoms with Crippen LogP contribution in [0.2, 0.25) is 0 Å². The van der Waals surface area contributed by atoms with Crippen molar-refractivity contribution in [2.24, 2.45) is 0 Å². The van der Waals surface area contributed by atoms with E-state index in [0.717, 1.165) is 24.0 Å². The lowest BCUT2D eigenvalue weighted by molar-refractivity contribution is -0.120. The summed E-state index contributed by atoms with van der Waals surface area (Å²) in [7, 11) is 6.76. The number of carbonyl (C=O) groups is 4. The number of benzene rings is 2. The van der Waals surface area contributed by atoms with Gasteiger partial charge >= 0.3 is 12.1 Å². The Kier molecular flexibility index (Phi) is 9.08. The van der Waals surface area contributed by atoms with Gasteiger partial charge in [0.1, 0.15) is 12.1 Å². The van der Waals surface area contributed by atoms with E-state index in [1.807, 2.05) is 60.7 Å². The average Bonchev–Trinajstić information content (AvgIpc) is 3.63. The van der Waals surface area contributed by atoms with Gasteiger partial charge in [0.25, 0.3) is 0 Å². The van der Waals surface area contributed by atoms with Gasteiger partial charge in [-0.15, -0.1) is 0 Å². The second kappa shape index (κ2) is 12.7. The van der Waals surface area contributed by atoms with Crippen LogP contribution >= 0.6 is 0 Å². The maximum absolute atomic E-state index is 12.8. The third-order valence-corrected chi connectivity index (χ3v) is 7.19. The minimum absolute atomic E-state index is 0.148. The van der Waals surface area contributed by atoms with E-state index in [1.165, 1.54) is 9.80 Å². The Balaban J connectivity index is 1.30. The molecule has 212 valence electrons. The second-order valence-corrected chi connectivity index (χ2v) is 10.6. The first-order valence-corrected chi connectivity index (χ1v) is 13.6. The molecule has 0 saturated carbocycles. The fourth-order valence-corrected chi connectivity index (χ4v) is 5.05. The van der Waals surface area contributed by atoms with Crippen LogP contribution in [-0.2, 0) is 9.59 Å². The van der Waals surface area contributed by atoms with E-state index in [2.05, 4.69) is 10.6 Å². The van der Waals surface area contributed by atoms with E-state index in [9.17, 15) is 19.2 Å². The predicted octanol–water partition coefficient (Wildman–Crippen LogP) is 4.03. The molecule has 2 aliphatic heterocycles. The highest BCUT2D eigenvalue weighted by atomic mass is 16.2. The molecule has 2 aromatic rings. The number of rotatable bonds is 6. The molecule has 6 amide bonds. The summed E-state index contributed by atoms with van der Waals surface area (Å²) < 4.78 is 0. The molecule has 0 unspecified atom stereocenters. The molecule has 0 spiro atoms. The Hall–Kier alpha value is -4.34. The Morgan fingerprint density at radius 3 is 1.32 bits per heavy atom. The number of anilines is 2. The lowest BCUT2D eigenvalue weighted by Crippen LogP contribution is -2.47. The highest BCUT2D eigenvalue weighted by Crippen LogP contribution is 2.22. The molecule has 2 atom stereocenters. The molecule has 2 heterocycles. The van der Waals surface area contributed by atoms with Crippen molar-refractivity contribution in [3.63, 3.8) is 0 Å². The molecule has 2 aromatic carbocycles. The lowest BCUT2D eigenvalue weighted by Gasteiger charge is -2.26. The zero-order valence-electron chi connectivity index (χ0n) is 23.6. The quantitative estimate of drug-likeness (QED) is 0.534. The van der Waals surface area contributed by atoms with Crippen LogP contribution < -0.4 is 10.6 Å². The molecule has 0 bridgehead atoms. The molecule has 2 fully saturated rings. The van der Waals surface area contributed by atoms with Gasteiger partial charge in [-0.25, -0.2) is 9.59 Å². The summed E-state index contributed by atoms with van der Waals surface area (Å²) in [6.07, 6.45) is 6.87. The highest BCUT2D eigenvalue weighted by molar-refractivity contribution is 5.98. The van der Waals surface area contributed by atoms with E-state index in [0.29, 0.717) is 37.3 Å². The van der Waals surface area contributed by atoms with Gasteiger partial charge in [-0.1, -0.05) is 36.4 Å². The number of amides is 6. The van der Waals surface area contributed by atoms with Gasteiger partial charge < -0.3 is 30.2 Å². The van der Waals surface area contributed by atoms with Gasteiger partial charge in [0.05, 0.1) is 0 Å². The van der Waals surface area contributed by atoms with Crippen LogP contribution in [0.5, 0.6) is 0 Å². The van der Waals surface area contributed by atoms with Crippen molar-refractivity contribution in [2.45, 2.75) is 37.8 Å². The van der Waals surface area contributed by atoms with E-state index in [-0.39, 0.29) is 23.9 Å². The van der Waals surface area contributed by atoms with Crippen molar-refractivity contribution in [1.29, 1.82) is 0 Å². The van der Waals surface area contributed by atoms with Crippen molar-refractivity contribution in [2.75, 3.05) is 51.9 Å². The van der Waals surface area contributed by atoms with Crippen molar-refractivity contribution < 1.29 is 19.2 Å². The minimum Gasteiger partial charge on any atom is -0.331 e. The van der Waals surface area contributed by atoms with Gasteiger partial charge in [0.2, 0.25) is 11.8 Å². The Morgan fingerprint density at radius 2 is 1.00 bits per heavy atom. The first-order valence-electron chi connectivity index (χ1n) is 13.6. The molecule has 10 heteroatoms. The van der Waals surface area contributed by atoms with Gasteiger partial charge in [-0.3, -0.25) is 9.59 Å². The fraction of sp³-hybridized carbons (Fsp3) is 0.400. The number of likely N-dealkylation sites (tertiary alicyclic amines) is 2. The SMILES string of the molecule is CN(C)C(=O)N1CCC[C@H]1C(=O)Nc1ccc(C=Cc2ccc(NC(=O)[C@@H]3CCCN3C(=O)N(C)C)cc2)cc1. The standard InChI is InChI=1S/C30H38N6O4/c1-33(2)29(39)35-19-5-7-25(35)27(37)31-23-15-11-21(12-16-23)9-10-22-13-17-24(18-14-22)32-28(38)26-8-6-20-36(26)30(40)34(3)4/h9-18,25-26H,5-8,19-20H2,1-4H3,(H,31,37)(H,32,38)/t25-,26-/m0/s1. The van der Waals surface area contributed by atoms with Crippen LogP contribution in [-0.4, -0.2) is 96.8 Å². The van der Waals surface area contributed by atoms with E-state index >= 15 is 0 Å². The number of hydrogen-bond acceptors (Lipinski definition) is 4. The summed E-state index contributed by atoms with van der Waals surface area (Å²) in [5.74, 6) is -0.346. The predicted molar refractivity (Wildman–Crippen MR) is 157 cm³/mol. The van der Waals surface area contributed by atoms with Crippen LogP contribution in [0.3, 0.4) is 0 Å². The normalized spacial score (nSPS) is 18.6. The molecular weight excluding hydrogens is 508 g/mol. The average molecular weight is 547 g/mol. The monoisotopic (exact) mass is 546 g/mol. The Morgan fingerprint density at radius 1 is 0.650 bits per heavy atom. The molecular formula is C30H38N6O4. The Bertz CT molecular complexity index is 1160. The zero-order valence-corrected chi connectivity index (χ0v) is 23.6. The first kappa shape index (κ1) is 28.7. The van der Waals surface area contributed by atoms with Crippen LogP contribution in [0.15, 0.2) is 48.5 Å². The van der Waals surface area contributed by atoms with E-state index in [1.54, 1.807) is 38.0 Å². The number of nitrogens with zero attached hydrogens (tertiary/aromatic N) is 4. The van der Waals surface area contributed by atoms with Crippen LogP contribution in [0, 0.1) is 0 Å². The number of hydrogen-bond donors (Lipinski definition) is 2. The highest BCUT2D eigenvalue weighted by Gasteiger charge is 2.36. The lowest BCUT2D eigenvalue weighted by atomic mass is 10.1. The summed E-state index contributed by atoms with van der Waals surface area (Å²) >= 11 is 0. The van der Waals surface area contributed by atoms with Crippen LogP contribution in [0.25, 0.3) is 12.2 Å². The summed E-state index contributed by atoms with van der Waals surface area (Å²) in [5.41, 5.74) is 3.29. The smallest absolute Gasteiger partial charge is 0.320 e. The number of carbonyl (C=O) groups excluding carboxylic acids is 4. The summed E-state index contributed by atoms with van der Waals surface area (Å²) in [4.78, 5) is 56.6. The third kappa shape index (κ3) is 6.80. The molecule has 2 N–H and O–H groups in total. The van der Waals surface area contributed by atoms with E-state index in [4.69, 9.17) is 0 Å². The van der Waals surface area contributed by atoms with E-state index < -0.39 is 12.1 Å². The van der Waals surface area contributed by atoms with Gasteiger partial charge in [0.15, 0.2) is 0 Å². The number of urea groups is 2. The van der Waals surface area contributed by atoms with Crippen LogP contribution in [0.1, 0.15) is 36.8 Å². The second-order valence-electron chi connectivity index (χ2n) is 10.6. The minimum atomic E-state index is -0.458. The summed E-state index contributed by atoms with van der Waals surface area (Å²) in [5, 5.41) is 5.86. The van der Waals surface area contributed by atoms with Crippen molar-refractivity contribution >= 4 is 47.4 Å². The molecule has 10 nitrogen and oxygen atoms in total. The van der Waals surface area contributed by atoms with Crippen molar-refractivity contribution in [1.82, 2.24) is 19.6 Å². The topological polar surface area (TPSA) is 105 Å². The molecule has 0 radical (unpaired) electrons. The molecule has 40 heavy (non-hydrogen) atoms. The third-order valence-electron chi connectivity index (χ3n) is 7.19. The molecule has 2 aliphatic rings. The maximum Gasteiger partial charge on any atom is 0.320 e. The van der Waals surface area contributed by atoms with Gasteiger partial charge in [-0.2, -0.15) is 0 Å². The molecule has 0 aliphatic carbocycles. The summed E-state index contributed by atoms with van der Waals surface area (Å²) in [6, 6.07) is 13.8. The van der Waals surface area contributed by atoms with Crippen molar-refractivity contribution in [3.05, 3.63) is 59.7 Å². The first-order chi connectivity index (χ1) is 19.1. The summed E-state index contributed by atoms with van der Waals surface area (Å²) in [6.45, 7) is 1.17. The number of nitrogens with one attached hydrogen (secondary N) is 2. The molecule has 0 aromatic heterocycles. The molecule has 4 rings (SSSR count). The molecule has 2 saturated heterocycles. The van der Waals surface area contributed by atoms with Crippen molar-refractivity contribution in [3.8, 4) is 0 Å². The van der Waals surface area contributed by atoms with Crippen LogP contribution in [0.4, 0.5) is 21.0 Å². The van der Waals surface area contributed by atoms with Gasteiger partial charge in [-0.05, 0) is 61.1 Å². The van der Waals surface area contributed by atoms with Gasteiger partial charge in [0, 0.05) is 52.7 Å².